The molecule has 0 aliphatic rings. The molecule has 2 N–H and O–H groups in total. The van der Waals surface area contributed by atoms with Gasteiger partial charge in [0.15, 0.2) is 0 Å². The number of benzene rings is 2. The summed E-state index contributed by atoms with van der Waals surface area (Å²) in [5.74, 6) is -0.620. The summed E-state index contributed by atoms with van der Waals surface area (Å²) in [6.45, 7) is 2.10. The van der Waals surface area contributed by atoms with E-state index in [1.54, 1.807) is 68.6 Å². The van der Waals surface area contributed by atoms with Crippen molar-refractivity contribution in [3.8, 4) is 5.75 Å². The maximum Gasteiger partial charge on any atom is 0.321 e. The third kappa shape index (κ3) is 6.14. The molecule has 0 fully saturated rings. The molecule has 0 aromatic heterocycles. The van der Waals surface area contributed by atoms with Crippen LogP contribution in [0.25, 0.3) is 0 Å². The molecule has 0 bridgehead atoms. The summed E-state index contributed by atoms with van der Waals surface area (Å²) in [5, 5.41) is 4.64. The molecule has 0 spiro atoms. The largest absolute Gasteiger partial charge is 0.497 e. The topological polar surface area (TPSA) is 93.7 Å². The molecule has 2 aromatic rings. The summed E-state index contributed by atoms with van der Waals surface area (Å²) in [5.41, 5.74) is 1.19. The Labute approximate surface area is 157 Å². The molecule has 2 aromatic carbocycles. The van der Waals surface area contributed by atoms with E-state index >= 15 is 0 Å². The maximum atomic E-state index is 12.4. The van der Waals surface area contributed by atoms with Crippen molar-refractivity contribution in [3.05, 3.63) is 65.7 Å². The van der Waals surface area contributed by atoms with Gasteiger partial charge in [-0.05, 0) is 24.6 Å². The Morgan fingerprint density at radius 2 is 1.67 bits per heavy atom. The first-order valence-electron chi connectivity index (χ1n) is 8.49. The van der Waals surface area contributed by atoms with Gasteiger partial charge in [0, 0.05) is 12.1 Å². The fourth-order valence-electron chi connectivity index (χ4n) is 2.37. The molecule has 3 amide bonds. The van der Waals surface area contributed by atoms with Crippen LogP contribution in [0.5, 0.6) is 5.75 Å². The second-order valence-electron chi connectivity index (χ2n) is 5.65. The van der Waals surface area contributed by atoms with Crippen LogP contribution < -0.4 is 15.4 Å². The van der Waals surface area contributed by atoms with E-state index in [2.05, 4.69) is 10.6 Å². The second kappa shape index (κ2) is 9.96. The summed E-state index contributed by atoms with van der Waals surface area (Å²) in [4.78, 5) is 36.4. The highest BCUT2D eigenvalue weighted by atomic mass is 16.5. The highest BCUT2D eigenvalue weighted by Crippen LogP contribution is 2.19. The van der Waals surface area contributed by atoms with E-state index in [-0.39, 0.29) is 6.42 Å². The van der Waals surface area contributed by atoms with Crippen molar-refractivity contribution in [2.75, 3.05) is 13.7 Å². The normalized spacial score (nSPS) is 11.2. The van der Waals surface area contributed by atoms with E-state index in [4.69, 9.17) is 9.47 Å². The molecular formula is C20H22N2O5. The zero-order chi connectivity index (χ0) is 19.6. The minimum Gasteiger partial charge on any atom is -0.497 e. The molecule has 0 heterocycles. The summed E-state index contributed by atoms with van der Waals surface area (Å²) in [7, 11) is 1.56. The van der Waals surface area contributed by atoms with Crippen LogP contribution in [0.4, 0.5) is 4.79 Å². The van der Waals surface area contributed by atoms with Crippen molar-refractivity contribution in [3.63, 3.8) is 0 Å². The number of carbonyl (C=O) groups is 3. The van der Waals surface area contributed by atoms with Gasteiger partial charge in [-0.25, -0.2) is 4.79 Å². The molecule has 7 nitrogen and oxygen atoms in total. The van der Waals surface area contributed by atoms with Gasteiger partial charge in [-0.3, -0.25) is 14.9 Å². The van der Waals surface area contributed by atoms with Crippen LogP contribution in [0.15, 0.2) is 54.6 Å². The van der Waals surface area contributed by atoms with Crippen LogP contribution in [0.2, 0.25) is 0 Å². The average Bonchev–Trinajstić information content (AvgIpc) is 2.67. The SMILES string of the molecule is CCNC(=O)NC(=O)[C@H](OC(=O)Cc1ccc(OC)cc1)c1ccccc1. The van der Waals surface area contributed by atoms with Crippen molar-refractivity contribution < 1.29 is 23.9 Å². The molecule has 1 atom stereocenters. The third-order valence-electron chi connectivity index (χ3n) is 3.67. The quantitative estimate of drug-likeness (QED) is 0.730. The highest BCUT2D eigenvalue weighted by Gasteiger charge is 2.26. The second-order valence-corrected chi connectivity index (χ2v) is 5.65. The minimum absolute atomic E-state index is 0.0121. The molecule has 2 rings (SSSR count). The van der Waals surface area contributed by atoms with Crippen LogP contribution in [0.1, 0.15) is 24.2 Å². The minimum atomic E-state index is -1.22. The first-order valence-corrected chi connectivity index (χ1v) is 8.49. The lowest BCUT2D eigenvalue weighted by Gasteiger charge is -2.17. The van der Waals surface area contributed by atoms with Crippen molar-refractivity contribution >= 4 is 17.9 Å². The predicted octanol–water partition coefficient (Wildman–Crippen LogP) is 2.37. The van der Waals surface area contributed by atoms with Crippen molar-refractivity contribution in [2.24, 2.45) is 0 Å². The van der Waals surface area contributed by atoms with E-state index in [0.717, 1.165) is 5.56 Å². The Hall–Kier alpha value is -3.35. The number of imide groups is 1. The number of methoxy groups -OCH3 is 1. The van der Waals surface area contributed by atoms with Gasteiger partial charge in [0.05, 0.1) is 13.5 Å². The van der Waals surface area contributed by atoms with E-state index in [1.165, 1.54) is 0 Å². The lowest BCUT2D eigenvalue weighted by molar-refractivity contribution is -0.155. The van der Waals surface area contributed by atoms with E-state index in [0.29, 0.717) is 17.9 Å². The van der Waals surface area contributed by atoms with Gasteiger partial charge in [0.2, 0.25) is 6.10 Å². The zero-order valence-corrected chi connectivity index (χ0v) is 15.2. The van der Waals surface area contributed by atoms with Crippen LogP contribution in [-0.2, 0) is 20.7 Å². The number of hydrogen-bond acceptors (Lipinski definition) is 5. The standard InChI is InChI=1S/C20H22N2O5/c1-3-21-20(25)22-19(24)18(15-7-5-4-6-8-15)27-17(23)13-14-9-11-16(26-2)12-10-14/h4-12,18H,3,13H2,1-2H3,(H2,21,22,24,25)/t18-/m1/s1. The summed E-state index contributed by atoms with van der Waals surface area (Å²) in [6, 6.07) is 14.8. The molecule has 0 saturated heterocycles. The molecule has 0 saturated carbocycles. The van der Waals surface area contributed by atoms with Gasteiger partial charge < -0.3 is 14.8 Å². The summed E-state index contributed by atoms with van der Waals surface area (Å²) in [6.07, 6.45) is -1.23. The number of nitrogens with one attached hydrogen (secondary N) is 2. The number of ether oxygens (including phenoxy) is 2. The Morgan fingerprint density at radius 1 is 1.00 bits per heavy atom. The number of amides is 3. The van der Waals surface area contributed by atoms with Crippen molar-refractivity contribution in [1.29, 1.82) is 0 Å². The monoisotopic (exact) mass is 370 g/mol. The smallest absolute Gasteiger partial charge is 0.321 e. The van der Waals surface area contributed by atoms with Crippen LogP contribution in [0, 0.1) is 0 Å². The van der Waals surface area contributed by atoms with Crippen LogP contribution >= 0.6 is 0 Å². The van der Waals surface area contributed by atoms with E-state index in [9.17, 15) is 14.4 Å². The number of rotatable bonds is 7. The number of hydrogen-bond donors (Lipinski definition) is 2. The number of urea groups is 1. The van der Waals surface area contributed by atoms with E-state index < -0.39 is 24.0 Å². The lowest BCUT2D eigenvalue weighted by Crippen LogP contribution is -2.42. The maximum absolute atomic E-state index is 12.4. The van der Waals surface area contributed by atoms with Gasteiger partial charge in [-0.2, -0.15) is 0 Å². The molecule has 0 radical (unpaired) electrons. The molecule has 27 heavy (non-hydrogen) atoms. The fraction of sp³-hybridized carbons (Fsp3) is 0.250. The Balaban J connectivity index is 2.09. The van der Waals surface area contributed by atoms with Crippen molar-refractivity contribution in [2.45, 2.75) is 19.4 Å². The number of esters is 1. The van der Waals surface area contributed by atoms with Gasteiger partial charge in [0.25, 0.3) is 5.91 Å². The Bertz CT molecular complexity index is 775. The van der Waals surface area contributed by atoms with Gasteiger partial charge in [-0.1, -0.05) is 42.5 Å². The van der Waals surface area contributed by atoms with Crippen LogP contribution in [0.3, 0.4) is 0 Å². The van der Waals surface area contributed by atoms with Gasteiger partial charge in [0.1, 0.15) is 5.75 Å². The van der Waals surface area contributed by atoms with Crippen LogP contribution in [-0.4, -0.2) is 31.6 Å². The average molecular weight is 370 g/mol. The summed E-state index contributed by atoms with van der Waals surface area (Å²) >= 11 is 0. The van der Waals surface area contributed by atoms with Gasteiger partial charge >= 0.3 is 12.0 Å². The molecule has 0 aliphatic heterocycles. The van der Waals surface area contributed by atoms with E-state index in [1.807, 2.05) is 0 Å². The predicted molar refractivity (Wildman–Crippen MR) is 99.2 cm³/mol. The summed E-state index contributed by atoms with van der Waals surface area (Å²) < 4.78 is 10.5. The third-order valence-corrected chi connectivity index (χ3v) is 3.67. The molecular weight excluding hydrogens is 348 g/mol. The Kier molecular flexibility index (Phi) is 7.37. The molecule has 7 heteroatoms. The molecule has 0 unspecified atom stereocenters. The highest BCUT2D eigenvalue weighted by molar-refractivity contribution is 5.97. The van der Waals surface area contributed by atoms with Crippen molar-refractivity contribution in [1.82, 2.24) is 10.6 Å². The first kappa shape index (κ1) is 20.0. The molecule has 0 aliphatic carbocycles. The fourth-order valence-corrected chi connectivity index (χ4v) is 2.37. The lowest BCUT2D eigenvalue weighted by atomic mass is 10.1. The zero-order valence-electron chi connectivity index (χ0n) is 15.2. The Morgan fingerprint density at radius 3 is 2.26 bits per heavy atom. The van der Waals surface area contributed by atoms with Gasteiger partial charge in [-0.15, -0.1) is 0 Å². The number of carbonyl (C=O) groups excluding carboxylic acids is 3. The molecule has 142 valence electrons. The first-order chi connectivity index (χ1) is 13.0.